The molecule has 0 spiro atoms. The number of rotatable bonds is 7. The van der Waals surface area contributed by atoms with Crippen LogP contribution >= 0.6 is 0 Å². The third-order valence-corrected chi connectivity index (χ3v) is 3.11. The van der Waals surface area contributed by atoms with Crippen LogP contribution in [0, 0.1) is 5.92 Å². The summed E-state index contributed by atoms with van der Waals surface area (Å²) in [7, 11) is 0. The molecule has 3 N–H and O–H groups in total. The van der Waals surface area contributed by atoms with Crippen molar-refractivity contribution in [2.45, 2.75) is 52.6 Å². The van der Waals surface area contributed by atoms with Gasteiger partial charge in [0.1, 0.15) is 0 Å². The highest BCUT2D eigenvalue weighted by Gasteiger charge is 2.04. The molecule has 0 aliphatic rings. The zero-order chi connectivity index (χ0) is 13.5. The predicted molar refractivity (Wildman–Crippen MR) is 74.8 cm³/mol. The Morgan fingerprint density at radius 2 is 1.78 bits per heavy atom. The van der Waals surface area contributed by atoms with Crippen molar-refractivity contribution in [1.29, 1.82) is 0 Å². The summed E-state index contributed by atoms with van der Waals surface area (Å²) in [5, 5.41) is 22.0. The lowest BCUT2D eigenvalue weighted by Crippen LogP contribution is -2.25. The van der Waals surface area contributed by atoms with Crippen LogP contribution in [-0.4, -0.2) is 16.3 Å². The van der Waals surface area contributed by atoms with Crippen LogP contribution < -0.4 is 5.32 Å². The van der Waals surface area contributed by atoms with Gasteiger partial charge in [0.05, 0.1) is 0 Å². The van der Waals surface area contributed by atoms with E-state index in [0.717, 1.165) is 18.0 Å². The van der Waals surface area contributed by atoms with Crippen molar-refractivity contribution in [3.8, 4) is 11.5 Å². The summed E-state index contributed by atoms with van der Waals surface area (Å²) in [6.45, 7) is 7.39. The van der Waals surface area contributed by atoms with Gasteiger partial charge in [0, 0.05) is 12.6 Å². The van der Waals surface area contributed by atoms with Crippen molar-refractivity contribution < 1.29 is 10.2 Å². The summed E-state index contributed by atoms with van der Waals surface area (Å²) in [6, 6.07) is 5.42. The van der Waals surface area contributed by atoms with Crippen molar-refractivity contribution in [2.24, 2.45) is 5.92 Å². The Balaban J connectivity index is 2.29. The second-order valence-corrected chi connectivity index (χ2v) is 5.43. The normalized spacial score (nSPS) is 12.9. The fraction of sp³-hybridized carbons (Fsp3) is 0.600. The highest BCUT2D eigenvalue weighted by atomic mass is 16.3. The summed E-state index contributed by atoms with van der Waals surface area (Å²) in [6.07, 6.45) is 3.68. The maximum Gasteiger partial charge on any atom is 0.157 e. The van der Waals surface area contributed by atoms with Crippen molar-refractivity contribution in [1.82, 2.24) is 5.32 Å². The lowest BCUT2D eigenvalue weighted by atomic mass is 10.0. The van der Waals surface area contributed by atoms with Crippen molar-refractivity contribution >= 4 is 0 Å². The molecule has 1 aromatic carbocycles. The number of phenolic OH excluding ortho intramolecular Hbond substituents is 2. The molecule has 102 valence electrons. The van der Waals surface area contributed by atoms with Crippen LogP contribution in [-0.2, 0) is 6.54 Å². The average Bonchev–Trinajstić information content (AvgIpc) is 2.30. The summed E-state index contributed by atoms with van der Waals surface area (Å²) in [5.74, 6) is 0.650. The molecule has 1 rings (SSSR count). The zero-order valence-corrected chi connectivity index (χ0v) is 11.6. The van der Waals surface area contributed by atoms with E-state index in [-0.39, 0.29) is 11.5 Å². The Hall–Kier alpha value is -1.22. The fourth-order valence-corrected chi connectivity index (χ4v) is 1.91. The van der Waals surface area contributed by atoms with Gasteiger partial charge in [-0.1, -0.05) is 32.8 Å². The maximum atomic E-state index is 9.39. The van der Waals surface area contributed by atoms with Crippen LogP contribution in [0.15, 0.2) is 18.2 Å². The largest absolute Gasteiger partial charge is 0.504 e. The van der Waals surface area contributed by atoms with Crippen molar-refractivity contribution in [3.63, 3.8) is 0 Å². The molecule has 1 atom stereocenters. The second kappa shape index (κ2) is 7.27. The van der Waals surface area contributed by atoms with Crippen LogP contribution in [0.1, 0.15) is 45.6 Å². The number of phenols is 2. The zero-order valence-electron chi connectivity index (χ0n) is 11.6. The van der Waals surface area contributed by atoms with Gasteiger partial charge in [-0.25, -0.2) is 0 Å². The van der Waals surface area contributed by atoms with E-state index in [1.807, 2.05) is 6.07 Å². The second-order valence-electron chi connectivity index (χ2n) is 5.43. The quantitative estimate of drug-likeness (QED) is 0.651. The molecule has 0 amide bonds. The van der Waals surface area contributed by atoms with Crippen molar-refractivity contribution in [2.75, 3.05) is 0 Å². The Morgan fingerprint density at radius 3 is 2.39 bits per heavy atom. The van der Waals surface area contributed by atoms with Gasteiger partial charge in [0.15, 0.2) is 11.5 Å². The van der Waals surface area contributed by atoms with Gasteiger partial charge in [-0.2, -0.15) is 0 Å². The Labute approximate surface area is 110 Å². The van der Waals surface area contributed by atoms with Gasteiger partial charge in [0.25, 0.3) is 0 Å². The number of hydrogen-bond donors (Lipinski definition) is 3. The van der Waals surface area contributed by atoms with Crippen LogP contribution in [0.4, 0.5) is 0 Å². The molecule has 0 aromatic heterocycles. The molecular weight excluding hydrogens is 226 g/mol. The molecule has 1 unspecified atom stereocenters. The number of aromatic hydroxyl groups is 2. The minimum atomic E-state index is -0.0660. The number of hydrogen-bond acceptors (Lipinski definition) is 3. The fourth-order valence-electron chi connectivity index (χ4n) is 1.91. The van der Waals surface area contributed by atoms with E-state index < -0.39 is 0 Å². The predicted octanol–water partition coefficient (Wildman–Crippen LogP) is 3.40. The highest BCUT2D eigenvalue weighted by Crippen LogP contribution is 2.24. The van der Waals surface area contributed by atoms with Gasteiger partial charge in [0.2, 0.25) is 0 Å². The van der Waals surface area contributed by atoms with Crippen LogP contribution in [0.25, 0.3) is 0 Å². The molecule has 0 aliphatic heterocycles. The molecule has 0 saturated heterocycles. The van der Waals surface area contributed by atoms with E-state index in [0.29, 0.717) is 6.04 Å². The first-order valence-electron chi connectivity index (χ1n) is 6.73. The summed E-state index contributed by atoms with van der Waals surface area (Å²) < 4.78 is 0. The van der Waals surface area contributed by atoms with E-state index in [9.17, 15) is 10.2 Å². The molecule has 3 nitrogen and oxygen atoms in total. The van der Waals surface area contributed by atoms with E-state index in [2.05, 4.69) is 26.1 Å². The first kappa shape index (κ1) is 14.8. The molecule has 3 heteroatoms. The lowest BCUT2D eigenvalue weighted by Gasteiger charge is -2.14. The Morgan fingerprint density at radius 1 is 1.06 bits per heavy atom. The molecular formula is C15H25NO2. The third kappa shape index (κ3) is 5.41. The van der Waals surface area contributed by atoms with Crippen LogP contribution in [0.5, 0.6) is 11.5 Å². The van der Waals surface area contributed by atoms with Crippen LogP contribution in [0.2, 0.25) is 0 Å². The molecule has 0 bridgehead atoms. The maximum absolute atomic E-state index is 9.39. The molecule has 1 aromatic rings. The Bertz CT molecular complexity index is 364. The van der Waals surface area contributed by atoms with E-state index >= 15 is 0 Å². The number of benzene rings is 1. The molecule has 18 heavy (non-hydrogen) atoms. The monoisotopic (exact) mass is 251 g/mol. The summed E-state index contributed by atoms with van der Waals surface area (Å²) >= 11 is 0. The number of nitrogens with one attached hydrogen (secondary N) is 1. The minimum absolute atomic E-state index is 0.0539. The van der Waals surface area contributed by atoms with Gasteiger partial charge in [-0.15, -0.1) is 0 Å². The van der Waals surface area contributed by atoms with Crippen LogP contribution in [0.3, 0.4) is 0 Å². The lowest BCUT2D eigenvalue weighted by molar-refractivity contribution is 0.402. The van der Waals surface area contributed by atoms with Gasteiger partial charge >= 0.3 is 0 Å². The first-order chi connectivity index (χ1) is 8.49. The average molecular weight is 251 g/mol. The smallest absolute Gasteiger partial charge is 0.157 e. The Kier molecular flexibility index (Phi) is 5.99. The summed E-state index contributed by atoms with van der Waals surface area (Å²) in [4.78, 5) is 0. The molecule has 0 saturated carbocycles. The van der Waals surface area contributed by atoms with E-state index in [1.165, 1.54) is 25.3 Å². The first-order valence-corrected chi connectivity index (χ1v) is 6.73. The summed E-state index contributed by atoms with van der Waals surface area (Å²) in [5.41, 5.74) is 0.987. The molecule has 0 aliphatic carbocycles. The van der Waals surface area contributed by atoms with E-state index in [1.54, 1.807) is 6.07 Å². The van der Waals surface area contributed by atoms with Gasteiger partial charge < -0.3 is 15.5 Å². The van der Waals surface area contributed by atoms with Gasteiger partial charge in [-0.3, -0.25) is 0 Å². The molecule has 0 fully saturated rings. The molecule has 0 radical (unpaired) electrons. The third-order valence-electron chi connectivity index (χ3n) is 3.11. The van der Waals surface area contributed by atoms with E-state index in [4.69, 9.17) is 0 Å². The molecule has 0 heterocycles. The minimum Gasteiger partial charge on any atom is -0.504 e. The van der Waals surface area contributed by atoms with Gasteiger partial charge in [-0.05, 0) is 37.0 Å². The SMILES string of the molecule is CC(C)CCCC(C)NCc1ccc(O)c(O)c1. The topological polar surface area (TPSA) is 52.5 Å². The van der Waals surface area contributed by atoms with Crippen molar-refractivity contribution in [3.05, 3.63) is 23.8 Å². The highest BCUT2D eigenvalue weighted by molar-refractivity contribution is 5.40. The standard InChI is InChI=1S/C15H25NO2/c1-11(2)5-4-6-12(3)16-10-13-7-8-14(17)15(18)9-13/h7-9,11-12,16-18H,4-6,10H2,1-3H3.